The molecule has 0 atom stereocenters. The summed E-state index contributed by atoms with van der Waals surface area (Å²) in [6.07, 6.45) is 1.63. The zero-order chi connectivity index (χ0) is 23.7. The number of benzene rings is 2. The molecule has 0 radical (unpaired) electrons. The maximum atomic E-state index is 13.0. The van der Waals surface area contributed by atoms with Gasteiger partial charge in [-0.3, -0.25) is 9.36 Å². The summed E-state index contributed by atoms with van der Waals surface area (Å²) in [6.45, 7) is 4.02. The summed E-state index contributed by atoms with van der Waals surface area (Å²) < 4.78 is 7.15. The molecular formula is C25H27N7O2. The quantitative estimate of drug-likeness (QED) is 0.490. The minimum Gasteiger partial charge on any atom is -0.494 e. The number of hydrogen-bond donors (Lipinski definition) is 1. The summed E-state index contributed by atoms with van der Waals surface area (Å²) in [5.41, 5.74) is 3.79. The molecule has 2 aromatic heterocycles. The number of rotatable bonds is 5. The van der Waals surface area contributed by atoms with Gasteiger partial charge in [-0.1, -0.05) is 30.3 Å². The monoisotopic (exact) mass is 457 g/mol. The molecule has 0 spiro atoms. The molecule has 5 rings (SSSR count). The molecule has 174 valence electrons. The molecule has 0 amide bonds. The molecule has 1 fully saturated rings. The number of methoxy groups -OCH3 is 1. The van der Waals surface area contributed by atoms with Crippen LogP contribution in [0.4, 0.5) is 17.3 Å². The lowest BCUT2D eigenvalue weighted by Crippen LogP contribution is -2.44. The SMILES string of the molecule is COc1cc(N2CCN(C)CC2)ccc1Nc1ncc2nc(-c3ccccc3)c(=O)n(C)c2n1. The second-order valence-electron chi connectivity index (χ2n) is 8.39. The maximum absolute atomic E-state index is 13.0. The Kier molecular flexibility index (Phi) is 5.85. The van der Waals surface area contributed by atoms with E-state index in [1.165, 1.54) is 4.57 Å². The van der Waals surface area contributed by atoms with Gasteiger partial charge in [0.2, 0.25) is 5.95 Å². The lowest BCUT2D eigenvalue weighted by Gasteiger charge is -2.34. The van der Waals surface area contributed by atoms with Gasteiger partial charge in [-0.15, -0.1) is 0 Å². The number of nitrogens with one attached hydrogen (secondary N) is 1. The lowest BCUT2D eigenvalue weighted by atomic mass is 10.1. The van der Waals surface area contributed by atoms with E-state index in [0.29, 0.717) is 28.6 Å². The second-order valence-corrected chi connectivity index (χ2v) is 8.39. The smallest absolute Gasteiger partial charge is 0.278 e. The van der Waals surface area contributed by atoms with Crippen LogP contribution in [0.5, 0.6) is 5.75 Å². The van der Waals surface area contributed by atoms with E-state index in [0.717, 1.165) is 43.1 Å². The first-order chi connectivity index (χ1) is 16.5. The largest absolute Gasteiger partial charge is 0.494 e. The fourth-order valence-corrected chi connectivity index (χ4v) is 4.12. The lowest BCUT2D eigenvalue weighted by molar-refractivity contribution is 0.312. The molecule has 4 aromatic rings. The van der Waals surface area contributed by atoms with Crippen LogP contribution in [-0.2, 0) is 7.05 Å². The molecule has 34 heavy (non-hydrogen) atoms. The summed E-state index contributed by atoms with van der Waals surface area (Å²) in [7, 11) is 5.48. The Morgan fingerprint density at radius 3 is 2.47 bits per heavy atom. The van der Waals surface area contributed by atoms with Crippen LogP contribution in [0.3, 0.4) is 0 Å². The Bertz CT molecular complexity index is 1380. The Labute approximate surface area is 197 Å². The van der Waals surface area contributed by atoms with Crippen molar-refractivity contribution in [1.29, 1.82) is 0 Å². The zero-order valence-electron chi connectivity index (χ0n) is 19.5. The highest BCUT2D eigenvalue weighted by atomic mass is 16.5. The highest BCUT2D eigenvalue weighted by Gasteiger charge is 2.17. The number of aromatic nitrogens is 4. The first-order valence-electron chi connectivity index (χ1n) is 11.2. The van der Waals surface area contributed by atoms with Gasteiger partial charge in [-0.25, -0.2) is 9.97 Å². The summed E-state index contributed by atoms with van der Waals surface area (Å²) in [4.78, 5) is 31.2. The van der Waals surface area contributed by atoms with Crippen molar-refractivity contribution < 1.29 is 4.74 Å². The van der Waals surface area contributed by atoms with E-state index in [1.807, 2.05) is 42.5 Å². The van der Waals surface area contributed by atoms with Crippen molar-refractivity contribution in [2.45, 2.75) is 0 Å². The fraction of sp³-hybridized carbons (Fsp3) is 0.280. The van der Waals surface area contributed by atoms with E-state index in [2.05, 4.69) is 43.2 Å². The van der Waals surface area contributed by atoms with Gasteiger partial charge >= 0.3 is 0 Å². The van der Waals surface area contributed by atoms with Gasteiger partial charge in [0.05, 0.1) is 19.0 Å². The van der Waals surface area contributed by atoms with Gasteiger partial charge in [0.25, 0.3) is 5.56 Å². The molecule has 0 unspecified atom stereocenters. The maximum Gasteiger partial charge on any atom is 0.278 e. The van der Waals surface area contributed by atoms with Crippen LogP contribution >= 0.6 is 0 Å². The van der Waals surface area contributed by atoms with E-state index in [4.69, 9.17) is 4.74 Å². The van der Waals surface area contributed by atoms with Crippen molar-refractivity contribution in [3.8, 4) is 17.0 Å². The highest BCUT2D eigenvalue weighted by molar-refractivity contribution is 5.76. The van der Waals surface area contributed by atoms with Crippen molar-refractivity contribution >= 4 is 28.5 Å². The Hall–Kier alpha value is -3.98. The molecule has 1 N–H and O–H groups in total. The third-order valence-corrected chi connectivity index (χ3v) is 6.15. The average molecular weight is 458 g/mol. The number of aryl methyl sites for hydroxylation is 1. The predicted molar refractivity (Wildman–Crippen MR) is 134 cm³/mol. The number of anilines is 3. The van der Waals surface area contributed by atoms with Crippen molar-refractivity contribution in [2.75, 3.05) is 50.6 Å². The normalized spacial score (nSPS) is 14.4. The number of hydrogen-bond acceptors (Lipinski definition) is 8. The standard InChI is InChI=1S/C25H27N7O2/c1-30-11-13-32(14-12-30)18-9-10-19(21(15-18)34-3)28-25-26-16-20-23(29-25)31(2)24(33)22(27-20)17-7-5-4-6-8-17/h4-10,15-16H,11-14H2,1-3H3,(H,26,28,29). The van der Waals surface area contributed by atoms with Gasteiger partial charge in [-0.05, 0) is 19.2 Å². The van der Waals surface area contributed by atoms with Gasteiger partial charge in [0.15, 0.2) is 5.65 Å². The predicted octanol–water partition coefficient (Wildman–Crippen LogP) is 2.89. The minimum atomic E-state index is -0.211. The molecule has 1 aliphatic heterocycles. The zero-order valence-corrected chi connectivity index (χ0v) is 19.5. The minimum absolute atomic E-state index is 0.211. The summed E-state index contributed by atoms with van der Waals surface area (Å²) in [5.74, 6) is 1.06. The first kappa shape index (κ1) is 21.8. The van der Waals surface area contributed by atoms with E-state index >= 15 is 0 Å². The van der Waals surface area contributed by atoms with Gasteiger partial charge in [0.1, 0.15) is 17.0 Å². The van der Waals surface area contributed by atoms with Crippen LogP contribution in [0.15, 0.2) is 59.5 Å². The third-order valence-electron chi connectivity index (χ3n) is 6.15. The Morgan fingerprint density at radius 2 is 1.74 bits per heavy atom. The van der Waals surface area contributed by atoms with E-state index in [-0.39, 0.29) is 5.56 Å². The number of ether oxygens (including phenoxy) is 1. The van der Waals surface area contributed by atoms with Crippen LogP contribution in [-0.4, -0.2) is 64.8 Å². The van der Waals surface area contributed by atoms with E-state index in [1.54, 1.807) is 20.4 Å². The number of fused-ring (bicyclic) bond motifs is 1. The number of nitrogens with zero attached hydrogens (tertiary/aromatic N) is 6. The van der Waals surface area contributed by atoms with Crippen LogP contribution in [0, 0.1) is 0 Å². The molecule has 0 bridgehead atoms. The van der Waals surface area contributed by atoms with Gasteiger partial charge < -0.3 is 19.9 Å². The third kappa shape index (κ3) is 4.17. The topological polar surface area (TPSA) is 88.4 Å². The molecule has 9 heteroatoms. The second kappa shape index (κ2) is 9.11. The molecule has 1 aliphatic rings. The Morgan fingerprint density at radius 1 is 0.971 bits per heavy atom. The molecular weight excluding hydrogens is 430 g/mol. The Balaban J connectivity index is 1.45. The highest BCUT2D eigenvalue weighted by Crippen LogP contribution is 2.32. The molecule has 1 saturated heterocycles. The summed E-state index contributed by atoms with van der Waals surface area (Å²) in [6, 6.07) is 15.5. The van der Waals surface area contributed by atoms with E-state index < -0.39 is 0 Å². The number of piperazine rings is 1. The summed E-state index contributed by atoms with van der Waals surface area (Å²) >= 11 is 0. The fourth-order valence-electron chi connectivity index (χ4n) is 4.12. The van der Waals surface area contributed by atoms with Crippen molar-refractivity contribution in [3.05, 3.63) is 65.1 Å². The van der Waals surface area contributed by atoms with Gasteiger partial charge in [-0.2, -0.15) is 4.98 Å². The molecule has 3 heterocycles. The van der Waals surface area contributed by atoms with Crippen LogP contribution in [0.2, 0.25) is 0 Å². The van der Waals surface area contributed by atoms with Crippen LogP contribution in [0.25, 0.3) is 22.4 Å². The van der Waals surface area contributed by atoms with Crippen LogP contribution < -0.4 is 20.5 Å². The van der Waals surface area contributed by atoms with Crippen molar-refractivity contribution in [3.63, 3.8) is 0 Å². The van der Waals surface area contributed by atoms with Crippen molar-refractivity contribution in [1.82, 2.24) is 24.4 Å². The molecule has 2 aromatic carbocycles. The van der Waals surface area contributed by atoms with Crippen LogP contribution in [0.1, 0.15) is 0 Å². The average Bonchev–Trinajstić information content (AvgIpc) is 2.87. The molecule has 9 nitrogen and oxygen atoms in total. The first-order valence-corrected chi connectivity index (χ1v) is 11.2. The number of likely N-dealkylation sites (N-methyl/N-ethyl adjacent to an activating group) is 1. The van der Waals surface area contributed by atoms with Gasteiger partial charge in [0, 0.05) is 50.5 Å². The van der Waals surface area contributed by atoms with Crippen molar-refractivity contribution in [2.24, 2.45) is 7.05 Å². The van der Waals surface area contributed by atoms with E-state index in [9.17, 15) is 4.79 Å². The molecule has 0 saturated carbocycles. The summed E-state index contributed by atoms with van der Waals surface area (Å²) in [5, 5.41) is 3.23. The molecule has 0 aliphatic carbocycles.